The third kappa shape index (κ3) is 1.98. The van der Waals surface area contributed by atoms with Crippen molar-refractivity contribution in [3.8, 4) is 0 Å². The second-order valence-electron chi connectivity index (χ2n) is 3.29. The fourth-order valence-electron chi connectivity index (χ4n) is 1.53. The normalized spacial score (nSPS) is 31.0. The number of esters is 1. The van der Waals surface area contributed by atoms with Crippen molar-refractivity contribution >= 4 is 5.97 Å². The molecule has 70 valence electrons. The molecule has 0 bridgehead atoms. The van der Waals surface area contributed by atoms with E-state index in [2.05, 4.69) is 10.8 Å². The molecule has 3 heteroatoms. The lowest BCUT2D eigenvalue weighted by Gasteiger charge is -2.03. The molecule has 2 atom stereocenters. The van der Waals surface area contributed by atoms with Gasteiger partial charge in [0.15, 0.2) is 0 Å². The molecule has 2 unspecified atom stereocenters. The number of carbonyl (C=O) groups excluding carboxylic acids is 1. The van der Waals surface area contributed by atoms with Gasteiger partial charge in [-0.15, -0.1) is 0 Å². The average Bonchev–Trinajstić information content (AvgIpc) is 2.91. The summed E-state index contributed by atoms with van der Waals surface area (Å²) in [5.74, 6) is -0.306. The fourth-order valence-corrected chi connectivity index (χ4v) is 1.53. The van der Waals surface area contributed by atoms with E-state index < -0.39 is 0 Å². The van der Waals surface area contributed by atoms with Crippen LogP contribution in [-0.4, -0.2) is 25.3 Å². The number of hydrogen-bond donors (Lipinski definition) is 0. The van der Waals surface area contributed by atoms with Crippen molar-refractivity contribution in [1.29, 1.82) is 0 Å². The van der Waals surface area contributed by atoms with Crippen molar-refractivity contribution in [3.63, 3.8) is 0 Å². The number of ether oxygens (including phenoxy) is 2. The maximum absolute atomic E-state index is 10.8. The Labute approximate surface area is 77.0 Å². The minimum atomic E-state index is -0.306. The first kappa shape index (κ1) is 8.51. The summed E-state index contributed by atoms with van der Waals surface area (Å²) < 4.78 is 9.83. The minimum absolute atomic E-state index is 0.306. The molecule has 1 aliphatic heterocycles. The Morgan fingerprint density at radius 1 is 1.69 bits per heavy atom. The van der Waals surface area contributed by atoms with Gasteiger partial charge in [0.2, 0.25) is 0 Å². The predicted molar refractivity (Wildman–Crippen MR) is 47.1 cm³/mol. The van der Waals surface area contributed by atoms with E-state index in [9.17, 15) is 4.79 Å². The summed E-state index contributed by atoms with van der Waals surface area (Å²) in [4.78, 5) is 10.8. The summed E-state index contributed by atoms with van der Waals surface area (Å²) in [5.41, 5.74) is 1.17. The number of hydrogen-bond acceptors (Lipinski definition) is 3. The van der Waals surface area contributed by atoms with Gasteiger partial charge in [0.25, 0.3) is 0 Å². The van der Waals surface area contributed by atoms with Gasteiger partial charge in [-0.1, -0.05) is 12.2 Å². The lowest BCUT2D eigenvalue weighted by Crippen LogP contribution is -2.01. The van der Waals surface area contributed by atoms with E-state index in [0.29, 0.717) is 12.2 Å². The monoisotopic (exact) mass is 180 g/mol. The molecule has 0 aromatic carbocycles. The van der Waals surface area contributed by atoms with Gasteiger partial charge in [-0.3, -0.25) is 0 Å². The van der Waals surface area contributed by atoms with Gasteiger partial charge in [0.05, 0.1) is 19.3 Å². The van der Waals surface area contributed by atoms with Crippen molar-refractivity contribution in [3.05, 3.63) is 23.8 Å². The summed E-state index contributed by atoms with van der Waals surface area (Å²) in [6, 6.07) is 0. The molecule has 1 saturated heterocycles. The molecular weight excluding hydrogens is 168 g/mol. The molecule has 0 aromatic heterocycles. The zero-order valence-corrected chi connectivity index (χ0v) is 7.53. The number of fused-ring (bicyclic) bond motifs is 1. The van der Waals surface area contributed by atoms with Crippen LogP contribution >= 0.6 is 0 Å². The van der Waals surface area contributed by atoms with Gasteiger partial charge < -0.3 is 9.47 Å². The molecule has 1 fully saturated rings. The van der Waals surface area contributed by atoms with Crippen molar-refractivity contribution in [2.24, 2.45) is 0 Å². The van der Waals surface area contributed by atoms with E-state index >= 15 is 0 Å². The molecule has 0 saturated carbocycles. The lowest BCUT2D eigenvalue weighted by molar-refractivity contribution is -0.134. The van der Waals surface area contributed by atoms with Crippen LogP contribution in [0.15, 0.2) is 23.8 Å². The number of epoxide rings is 1. The average molecular weight is 180 g/mol. The number of carbonyl (C=O) groups is 1. The van der Waals surface area contributed by atoms with Crippen molar-refractivity contribution in [2.75, 3.05) is 7.11 Å². The van der Waals surface area contributed by atoms with E-state index in [0.717, 1.165) is 12.8 Å². The first-order valence-corrected chi connectivity index (χ1v) is 4.40. The Kier molecular flexibility index (Phi) is 2.19. The summed E-state index contributed by atoms with van der Waals surface area (Å²) in [5, 5.41) is 0. The fraction of sp³-hybridized carbons (Fsp3) is 0.500. The zero-order valence-electron chi connectivity index (χ0n) is 7.53. The van der Waals surface area contributed by atoms with Crippen LogP contribution in [0.5, 0.6) is 0 Å². The van der Waals surface area contributed by atoms with Crippen LogP contribution in [0.4, 0.5) is 0 Å². The lowest BCUT2D eigenvalue weighted by atomic mass is 9.99. The van der Waals surface area contributed by atoms with E-state index in [4.69, 9.17) is 4.74 Å². The summed E-state index contributed by atoms with van der Waals surface area (Å²) >= 11 is 0. The highest BCUT2D eigenvalue weighted by Crippen LogP contribution is 2.36. The molecule has 0 amide bonds. The van der Waals surface area contributed by atoms with Crippen LogP contribution in [0.1, 0.15) is 12.8 Å². The maximum Gasteiger partial charge on any atom is 0.330 e. The van der Waals surface area contributed by atoms with Gasteiger partial charge in [-0.25, -0.2) is 4.79 Å². The highest BCUT2D eigenvalue weighted by atomic mass is 16.6. The second-order valence-corrected chi connectivity index (χ2v) is 3.29. The third-order valence-electron chi connectivity index (χ3n) is 2.37. The van der Waals surface area contributed by atoms with Crippen LogP contribution in [-0.2, 0) is 14.3 Å². The Morgan fingerprint density at radius 3 is 3.23 bits per heavy atom. The molecule has 2 rings (SSSR count). The predicted octanol–water partition coefficient (Wildman–Crippen LogP) is 1.20. The Morgan fingerprint density at radius 2 is 2.54 bits per heavy atom. The van der Waals surface area contributed by atoms with E-state index in [-0.39, 0.29) is 5.97 Å². The van der Waals surface area contributed by atoms with Crippen LogP contribution in [0.2, 0.25) is 0 Å². The van der Waals surface area contributed by atoms with Gasteiger partial charge >= 0.3 is 5.97 Å². The summed E-state index contributed by atoms with van der Waals surface area (Å²) in [7, 11) is 1.38. The molecular formula is C10H12O3. The SMILES string of the molecule is COC(=O)C=CC1=CCC2OC2C1. The Balaban J connectivity index is 1.90. The topological polar surface area (TPSA) is 38.8 Å². The molecule has 1 heterocycles. The van der Waals surface area contributed by atoms with E-state index in [1.807, 2.05) is 6.08 Å². The molecule has 0 spiro atoms. The second kappa shape index (κ2) is 3.34. The largest absolute Gasteiger partial charge is 0.466 e. The van der Waals surface area contributed by atoms with Gasteiger partial charge in [-0.2, -0.15) is 0 Å². The molecule has 1 aliphatic carbocycles. The molecule has 3 nitrogen and oxygen atoms in total. The van der Waals surface area contributed by atoms with Crippen molar-refractivity contribution < 1.29 is 14.3 Å². The first-order chi connectivity index (χ1) is 6.29. The van der Waals surface area contributed by atoms with E-state index in [1.165, 1.54) is 18.8 Å². The molecule has 13 heavy (non-hydrogen) atoms. The minimum Gasteiger partial charge on any atom is -0.466 e. The van der Waals surface area contributed by atoms with Gasteiger partial charge in [0, 0.05) is 12.5 Å². The molecule has 0 radical (unpaired) electrons. The number of allylic oxidation sites excluding steroid dienone is 1. The van der Waals surface area contributed by atoms with E-state index in [1.54, 1.807) is 0 Å². The quantitative estimate of drug-likeness (QED) is 0.364. The standard InChI is InChI=1S/C10H12O3/c1-12-10(11)5-3-7-2-4-8-9(6-7)13-8/h2-3,5,8-9H,4,6H2,1H3. The van der Waals surface area contributed by atoms with Gasteiger partial charge in [-0.05, 0) is 12.0 Å². The van der Waals surface area contributed by atoms with Crippen LogP contribution in [0.25, 0.3) is 0 Å². The molecule has 0 N–H and O–H groups in total. The maximum atomic E-state index is 10.8. The highest BCUT2D eigenvalue weighted by Gasteiger charge is 2.40. The zero-order chi connectivity index (χ0) is 9.26. The van der Waals surface area contributed by atoms with Crippen molar-refractivity contribution in [1.82, 2.24) is 0 Å². The third-order valence-corrected chi connectivity index (χ3v) is 2.37. The summed E-state index contributed by atoms with van der Waals surface area (Å²) in [6.07, 6.45) is 8.15. The Bertz CT molecular complexity index is 278. The Hall–Kier alpha value is -1.09. The van der Waals surface area contributed by atoms with Crippen LogP contribution < -0.4 is 0 Å². The van der Waals surface area contributed by atoms with Crippen LogP contribution in [0.3, 0.4) is 0 Å². The molecule has 2 aliphatic rings. The highest BCUT2D eigenvalue weighted by molar-refractivity contribution is 5.82. The number of rotatable bonds is 2. The molecule has 0 aromatic rings. The number of methoxy groups -OCH3 is 1. The first-order valence-electron chi connectivity index (χ1n) is 4.40. The smallest absolute Gasteiger partial charge is 0.330 e. The van der Waals surface area contributed by atoms with Crippen molar-refractivity contribution in [2.45, 2.75) is 25.0 Å². The van der Waals surface area contributed by atoms with Crippen LogP contribution in [0, 0.1) is 0 Å². The van der Waals surface area contributed by atoms with Gasteiger partial charge in [0.1, 0.15) is 0 Å². The summed E-state index contributed by atoms with van der Waals surface area (Å²) in [6.45, 7) is 0.